The summed E-state index contributed by atoms with van der Waals surface area (Å²) in [5, 5.41) is 12.7. The van der Waals surface area contributed by atoms with Crippen LogP contribution in [-0.2, 0) is 14.9 Å². The van der Waals surface area contributed by atoms with E-state index in [0.29, 0.717) is 30.1 Å². The van der Waals surface area contributed by atoms with Crippen LogP contribution in [0.1, 0.15) is 47.2 Å². The Hall–Kier alpha value is -2.66. The smallest absolute Gasteiger partial charge is 0.315 e. The summed E-state index contributed by atoms with van der Waals surface area (Å²) in [6.45, 7) is 3.29. The van der Waals surface area contributed by atoms with E-state index in [-0.39, 0.29) is 12.5 Å². The molecule has 142 valence electrons. The zero-order valence-electron chi connectivity index (χ0n) is 15.5. The number of carboxylic acids is 1. The summed E-state index contributed by atoms with van der Waals surface area (Å²) in [5.41, 5.74) is 1.18. The summed E-state index contributed by atoms with van der Waals surface area (Å²) < 4.78 is 5.43. The fourth-order valence-corrected chi connectivity index (χ4v) is 3.60. The quantitative estimate of drug-likeness (QED) is 0.787. The molecule has 5 nitrogen and oxygen atoms in total. The lowest BCUT2D eigenvalue weighted by molar-refractivity contribution is -0.143. The van der Waals surface area contributed by atoms with Gasteiger partial charge in [-0.1, -0.05) is 49.4 Å². The van der Waals surface area contributed by atoms with Crippen LogP contribution in [0.5, 0.6) is 0 Å². The Kier molecular flexibility index (Phi) is 5.91. The molecule has 2 atom stereocenters. The molecule has 1 saturated heterocycles. The molecule has 1 fully saturated rings. The molecule has 3 rings (SSSR count). The molecule has 27 heavy (non-hydrogen) atoms. The van der Waals surface area contributed by atoms with Crippen molar-refractivity contribution in [1.29, 1.82) is 0 Å². The van der Waals surface area contributed by atoms with Crippen molar-refractivity contribution in [2.75, 3.05) is 19.8 Å². The highest BCUT2D eigenvalue weighted by atomic mass is 16.5. The molecule has 0 bridgehead atoms. The number of benzene rings is 2. The van der Waals surface area contributed by atoms with Crippen LogP contribution in [0, 0.1) is 0 Å². The van der Waals surface area contributed by atoms with Crippen molar-refractivity contribution < 1.29 is 19.4 Å². The Balaban J connectivity index is 1.77. The number of hydrogen-bond donors (Lipinski definition) is 2. The average Bonchev–Trinajstić information content (AvgIpc) is 3.24. The van der Waals surface area contributed by atoms with Crippen molar-refractivity contribution >= 4 is 11.9 Å². The van der Waals surface area contributed by atoms with Crippen LogP contribution in [0.4, 0.5) is 0 Å². The van der Waals surface area contributed by atoms with Gasteiger partial charge in [0.25, 0.3) is 5.91 Å². The monoisotopic (exact) mass is 367 g/mol. The highest BCUT2D eigenvalue weighted by molar-refractivity contribution is 5.95. The first-order valence-electron chi connectivity index (χ1n) is 9.31. The number of amides is 1. The molecule has 2 unspecified atom stereocenters. The molecular formula is C22H25NO4. The Labute approximate surface area is 159 Å². The molecule has 2 aromatic carbocycles. The molecule has 0 aliphatic carbocycles. The summed E-state index contributed by atoms with van der Waals surface area (Å²) in [5.74, 6) is -0.880. The molecule has 5 heteroatoms. The summed E-state index contributed by atoms with van der Waals surface area (Å²) in [4.78, 5) is 24.8. The maximum absolute atomic E-state index is 12.7. The Morgan fingerprint density at radius 1 is 1.19 bits per heavy atom. The van der Waals surface area contributed by atoms with Crippen LogP contribution >= 0.6 is 0 Å². The van der Waals surface area contributed by atoms with E-state index in [1.54, 1.807) is 18.2 Å². The third-order valence-electron chi connectivity index (χ3n) is 5.44. The molecule has 2 aromatic rings. The van der Waals surface area contributed by atoms with E-state index in [1.807, 2.05) is 43.3 Å². The number of aliphatic carboxylic acids is 1. The molecule has 0 aromatic heterocycles. The van der Waals surface area contributed by atoms with Crippen LogP contribution in [0.2, 0.25) is 0 Å². The van der Waals surface area contributed by atoms with E-state index in [9.17, 15) is 14.7 Å². The summed E-state index contributed by atoms with van der Waals surface area (Å²) >= 11 is 0. The second kappa shape index (κ2) is 8.35. The molecule has 1 amide bonds. The second-order valence-corrected chi connectivity index (χ2v) is 6.98. The van der Waals surface area contributed by atoms with Crippen LogP contribution in [0.15, 0.2) is 54.6 Å². The minimum atomic E-state index is -1.15. The number of ether oxygens (including phenoxy) is 1. The zero-order valence-corrected chi connectivity index (χ0v) is 15.5. The fraction of sp³-hybridized carbons (Fsp3) is 0.364. The van der Waals surface area contributed by atoms with Gasteiger partial charge < -0.3 is 15.2 Å². The summed E-state index contributed by atoms with van der Waals surface area (Å²) in [6, 6.07) is 16.6. The maximum Gasteiger partial charge on any atom is 0.315 e. The second-order valence-electron chi connectivity index (χ2n) is 6.98. The molecule has 2 N–H and O–H groups in total. The molecular weight excluding hydrogens is 342 g/mol. The number of hydrogen-bond acceptors (Lipinski definition) is 3. The number of rotatable bonds is 7. The molecule has 1 aliphatic heterocycles. The number of carbonyl (C=O) groups is 2. The van der Waals surface area contributed by atoms with Crippen LogP contribution in [-0.4, -0.2) is 36.7 Å². The van der Waals surface area contributed by atoms with Crippen LogP contribution in [0.3, 0.4) is 0 Å². The minimum absolute atomic E-state index is 0.0401. The van der Waals surface area contributed by atoms with Gasteiger partial charge in [-0.15, -0.1) is 0 Å². The van der Waals surface area contributed by atoms with Crippen LogP contribution < -0.4 is 5.32 Å². The highest BCUT2D eigenvalue weighted by Gasteiger charge is 2.39. The Bertz CT molecular complexity index is 799. The molecule has 1 heterocycles. The Morgan fingerprint density at radius 3 is 2.59 bits per heavy atom. The standard InChI is InChI=1S/C22H25NO4/c1-2-22(21(25)26,19-9-4-3-5-10-19)15-23-20(24)17-8-6-7-16(13-17)18-11-12-27-14-18/h3-10,13,18H,2,11-12,14-15H2,1H3,(H,23,24)(H,25,26). The van der Waals surface area contributed by atoms with E-state index < -0.39 is 11.4 Å². The first-order chi connectivity index (χ1) is 13.1. The van der Waals surface area contributed by atoms with E-state index >= 15 is 0 Å². The molecule has 0 spiro atoms. The normalized spacial score (nSPS) is 18.6. The number of carboxylic acid groups (broad SMARTS) is 1. The van der Waals surface area contributed by atoms with E-state index in [1.165, 1.54) is 0 Å². The van der Waals surface area contributed by atoms with Gasteiger partial charge in [-0.3, -0.25) is 9.59 Å². The van der Waals surface area contributed by atoms with Gasteiger partial charge in [0, 0.05) is 24.6 Å². The van der Waals surface area contributed by atoms with Gasteiger partial charge in [0.2, 0.25) is 0 Å². The maximum atomic E-state index is 12.7. The third-order valence-corrected chi connectivity index (χ3v) is 5.44. The Morgan fingerprint density at radius 2 is 1.96 bits per heavy atom. The largest absolute Gasteiger partial charge is 0.481 e. The molecule has 0 radical (unpaired) electrons. The van der Waals surface area contributed by atoms with Gasteiger partial charge in [-0.25, -0.2) is 0 Å². The predicted octanol–water partition coefficient (Wildman–Crippen LogP) is 3.35. The van der Waals surface area contributed by atoms with Gasteiger partial charge in [0.1, 0.15) is 5.41 Å². The average molecular weight is 367 g/mol. The molecule has 1 aliphatic rings. The van der Waals surface area contributed by atoms with Crippen molar-refractivity contribution in [3.05, 3.63) is 71.3 Å². The SMILES string of the molecule is CCC(CNC(=O)c1cccc(C2CCOC2)c1)(C(=O)O)c1ccccc1. The number of nitrogens with one attached hydrogen (secondary N) is 1. The van der Waals surface area contributed by atoms with Crippen molar-refractivity contribution in [1.82, 2.24) is 5.32 Å². The van der Waals surface area contributed by atoms with Gasteiger partial charge in [0.15, 0.2) is 0 Å². The van der Waals surface area contributed by atoms with Crippen molar-refractivity contribution in [2.45, 2.75) is 31.1 Å². The number of carbonyl (C=O) groups excluding carboxylic acids is 1. The highest BCUT2D eigenvalue weighted by Crippen LogP contribution is 2.28. The van der Waals surface area contributed by atoms with Crippen molar-refractivity contribution in [2.24, 2.45) is 0 Å². The first-order valence-corrected chi connectivity index (χ1v) is 9.31. The van der Waals surface area contributed by atoms with Gasteiger partial charge in [-0.2, -0.15) is 0 Å². The van der Waals surface area contributed by atoms with E-state index in [2.05, 4.69) is 5.32 Å². The topological polar surface area (TPSA) is 75.6 Å². The predicted molar refractivity (Wildman–Crippen MR) is 103 cm³/mol. The van der Waals surface area contributed by atoms with Crippen LogP contribution in [0.25, 0.3) is 0 Å². The summed E-state index contributed by atoms with van der Waals surface area (Å²) in [6.07, 6.45) is 1.34. The third kappa shape index (κ3) is 4.03. The van der Waals surface area contributed by atoms with E-state index in [0.717, 1.165) is 18.6 Å². The lowest BCUT2D eigenvalue weighted by Crippen LogP contribution is -2.46. The lowest BCUT2D eigenvalue weighted by Gasteiger charge is -2.29. The van der Waals surface area contributed by atoms with Gasteiger partial charge >= 0.3 is 5.97 Å². The zero-order chi connectivity index (χ0) is 19.3. The first kappa shape index (κ1) is 19.1. The lowest BCUT2D eigenvalue weighted by atomic mass is 9.78. The van der Waals surface area contributed by atoms with Crippen molar-refractivity contribution in [3.63, 3.8) is 0 Å². The fourth-order valence-electron chi connectivity index (χ4n) is 3.60. The molecule has 0 saturated carbocycles. The van der Waals surface area contributed by atoms with Gasteiger partial charge in [-0.05, 0) is 36.1 Å². The van der Waals surface area contributed by atoms with E-state index in [4.69, 9.17) is 4.74 Å². The van der Waals surface area contributed by atoms with Gasteiger partial charge in [0.05, 0.1) is 6.61 Å². The van der Waals surface area contributed by atoms with Crippen molar-refractivity contribution in [3.8, 4) is 0 Å². The summed E-state index contributed by atoms with van der Waals surface area (Å²) in [7, 11) is 0. The minimum Gasteiger partial charge on any atom is -0.481 e.